The number of hydrogen-bond donors (Lipinski definition) is 0. The Bertz CT molecular complexity index is 910. The van der Waals surface area contributed by atoms with Crippen molar-refractivity contribution >= 4 is 10.8 Å². The molecule has 0 radical (unpaired) electrons. The second-order valence-electron chi connectivity index (χ2n) is 7.91. The number of nitrogens with zero attached hydrogens (tertiary/aromatic N) is 3. The van der Waals surface area contributed by atoms with E-state index in [1.54, 1.807) is 28.4 Å². The number of unbranched alkanes of at least 4 members (excludes halogenated alkanes) is 7. The number of methoxy groups -OCH3 is 4. The van der Waals surface area contributed by atoms with Crippen LogP contribution in [0.2, 0.25) is 0 Å². The van der Waals surface area contributed by atoms with Crippen LogP contribution in [0.25, 0.3) is 21.2 Å². The van der Waals surface area contributed by atoms with Crippen molar-refractivity contribution in [3.63, 3.8) is 0 Å². The molecule has 0 aliphatic rings. The van der Waals surface area contributed by atoms with Crippen LogP contribution >= 0.6 is 0 Å². The molecule has 32 heavy (non-hydrogen) atoms. The fraction of sp³-hybridized carbons (Fsp3) is 0.600. The van der Waals surface area contributed by atoms with Gasteiger partial charge in [-0.2, -0.15) is 0 Å². The summed E-state index contributed by atoms with van der Waals surface area (Å²) in [6.07, 6.45) is 10.5. The molecule has 1 unspecified atom stereocenters. The molecular formula is C25H37N3O4. The normalized spacial score (nSPS) is 11.7. The molecule has 0 aromatic heterocycles. The number of azide groups is 1. The lowest BCUT2D eigenvalue weighted by molar-refractivity contribution is 0.386. The summed E-state index contributed by atoms with van der Waals surface area (Å²) in [6, 6.07) is 5.22. The molecule has 0 saturated carbocycles. The smallest absolute Gasteiger partial charge is 0.134 e. The fourth-order valence-corrected chi connectivity index (χ4v) is 4.24. The van der Waals surface area contributed by atoms with Gasteiger partial charge in [0.2, 0.25) is 0 Å². The quantitative estimate of drug-likeness (QED) is 0.122. The van der Waals surface area contributed by atoms with Gasteiger partial charge in [0.25, 0.3) is 0 Å². The van der Waals surface area contributed by atoms with Crippen LogP contribution in [0.15, 0.2) is 23.3 Å². The molecule has 2 aromatic rings. The predicted octanol–water partition coefficient (Wildman–Crippen LogP) is 7.76. The third-order valence-corrected chi connectivity index (χ3v) is 5.90. The first-order chi connectivity index (χ1) is 15.7. The lowest BCUT2D eigenvalue weighted by Crippen LogP contribution is -2.03. The summed E-state index contributed by atoms with van der Waals surface area (Å²) in [4.78, 5) is 3.12. The zero-order valence-corrected chi connectivity index (χ0v) is 20.1. The third kappa shape index (κ3) is 6.13. The van der Waals surface area contributed by atoms with Crippen molar-refractivity contribution in [2.45, 2.75) is 70.8 Å². The molecule has 0 amide bonds. The molecule has 7 heteroatoms. The van der Waals surface area contributed by atoms with Gasteiger partial charge in [-0.25, -0.2) is 0 Å². The molecule has 0 saturated heterocycles. The topological polar surface area (TPSA) is 85.7 Å². The molecule has 176 valence electrons. The summed E-state index contributed by atoms with van der Waals surface area (Å²) in [5, 5.41) is 5.63. The van der Waals surface area contributed by atoms with Crippen LogP contribution in [0.1, 0.15) is 76.3 Å². The van der Waals surface area contributed by atoms with Crippen molar-refractivity contribution in [3.05, 3.63) is 34.2 Å². The summed E-state index contributed by atoms with van der Waals surface area (Å²) in [5.41, 5.74) is 10.0. The highest BCUT2D eigenvalue weighted by atomic mass is 16.5. The monoisotopic (exact) mass is 443 g/mol. The van der Waals surface area contributed by atoms with Crippen molar-refractivity contribution in [3.8, 4) is 23.0 Å². The molecule has 1 atom stereocenters. The summed E-state index contributed by atoms with van der Waals surface area (Å²) in [5.74, 6) is 2.55. The Morgan fingerprint density at radius 3 is 1.88 bits per heavy atom. The number of ether oxygens (including phenoxy) is 4. The summed E-state index contributed by atoms with van der Waals surface area (Å²) in [6.45, 7) is 2.23. The van der Waals surface area contributed by atoms with E-state index in [0.29, 0.717) is 23.0 Å². The van der Waals surface area contributed by atoms with Crippen LogP contribution in [0, 0.1) is 0 Å². The number of fused-ring (bicyclic) bond motifs is 1. The molecular weight excluding hydrogens is 406 g/mol. The lowest BCUT2D eigenvalue weighted by Gasteiger charge is -2.21. The Morgan fingerprint density at radius 1 is 0.781 bits per heavy atom. The highest BCUT2D eigenvalue weighted by Crippen LogP contribution is 2.48. The van der Waals surface area contributed by atoms with Crippen LogP contribution in [0.5, 0.6) is 23.0 Å². The van der Waals surface area contributed by atoms with Gasteiger partial charge in [-0.3, -0.25) is 0 Å². The first-order valence-electron chi connectivity index (χ1n) is 11.5. The van der Waals surface area contributed by atoms with Crippen LogP contribution in [-0.2, 0) is 0 Å². The van der Waals surface area contributed by atoms with E-state index in [1.165, 1.54) is 38.5 Å². The van der Waals surface area contributed by atoms with E-state index >= 15 is 0 Å². The van der Waals surface area contributed by atoms with Crippen molar-refractivity contribution < 1.29 is 18.9 Å². The van der Waals surface area contributed by atoms with Gasteiger partial charge in [-0.05, 0) is 30.2 Å². The van der Waals surface area contributed by atoms with Crippen LogP contribution < -0.4 is 18.9 Å². The standard InChI is InChI=1S/C25H37N3O4/c1-6-7-8-9-10-11-12-13-14-19(27-28-26)18-17-22(31-4)23-20(29-2)15-16-21(30-3)24(23)25(18)32-5/h15-17,19H,6-14H2,1-5H3. The van der Waals surface area contributed by atoms with Crippen molar-refractivity contribution in [1.29, 1.82) is 0 Å². The molecule has 0 aliphatic heterocycles. The number of hydrogen-bond acceptors (Lipinski definition) is 5. The van der Waals surface area contributed by atoms with Gasteiger partial charge in [-0.15, -0.1) is 0 Å². The Labute approximate surface area is 191 Å². The largest absolute Gasteiger partial charge is 0.496 e. The summed E-state index contributed by atoms with van der Waals surface area (Å²) >= 11 is 0. The van der Waals surface area contributed by atoms with Gasteiger partial charge < -0.3 is 18.9 Å². The van der Waals surface area contributed by atoms with Gasteiger partial charge in [0.15, 0.2) is 0 Å². The molecule has 2 rings (SSSR count). The molecule has 0 spiro atoms. The SMILES string of the molecule is CCCCCCCCCCC(N=[N+]=[N-])c1cc(OC)c2c(OC)ccc(OC)c2c1OC. The highest BCUT2D eigenvalue weighted by molar-refractivity contribution is 6.03. The van der Waals surface area contributed by atoms with E-state index in [2.05, 4.69) is 16.9 Å². The molecule has 7 nitrogen and oxygen atoms in total. The van der Waals surface area contributed by atoms with Gasteiger partial charge in [0.1, 0.15) is 23.0 Å². The second kappa shape index (κ2) is 13.6. The minimum Gasteiger partial charge on any atom is -0.496 e. The van der Waals surface area contributed by atoms with Crippen LogP contribution in [-0.4, -0.2) is 28.4 Å². The van der Waals surface area contributed by atoms with Gasteiger partial charge in [-0.1, -0.05) is 63.4 Å². The van der Waals surface area contributed by atoms with Crippen molar-refractivity contribution in [1.82, 2.24) is 0 Å². The first-order valence-corrected chi connectivity index (χ1v) is 11.5. The summed E-state index contributed by atoms with van der Waals surface area (Å²) in [7, 11) is 6.47. The average molecular weight is 444 g/mol. The third-order valence-electron chi connectivity index (χ3n) is 5.90. The zero-order valence-electron chi connectivity index (χ0n) is 20.1. The Balaban J connectivity index is 2.36. The minimum atomic E-state index is -0.357. The Hall–Kier alpha value is -2.79. The fourth-order valence-electron chi connectivity index (χ4n) is 4.24. The van der Waals surface area contributed by atoms with Crippen LogP contribution in [0.4, 0.5) is 0 Å². The van der Waals surface area contributed by atoms with E-state index in [1.807, 2.05) is 18.2 Å². The van der Waals surface area contributed by atoms with Crippen LogP contribution in [0.3, 0.4) is 0 Å². The van der Waals surface area contributed by atoms with E-state index in [0.717, 1.165) is 35.6 Å². The molecule has 2 aromatic carbocycles. The van der Waals surface area contributed by atoms with Gasteiger partial charge in [0.05, 0.1) is 45.3 Å². The van der Waals surface area contributed by atoms with E-state index in [-0.39, 0.29) is 6.04 Å². The lowest BCUT2D eigenvalue weighted by atomic mass is 9.94. The highest BCUT2D eigenvalue weighted by Gasteiger charge is 2.24. The maximum atomic E-state index is 9.25. The molecule has 0 fully saturated rings. The zero-order chi connectivity index (χ0) is 23.3. The maximum absolute atomic E-state index is 9.25. The average Bonchev–Trinajstić information content (AvgIpc) is 2.83. The van der Waals surface area contributed by atoms with Crippen molar-refractivity contribution in [2.75, 3.05) is 28.4 Å². The predicted molar refractivity (Wildman–Crippen MR) is 129 cm³/mol. The van der Waals surface area contributed by atoms with E-state index in [4.69, 9.17) is 18.9 Å². The number of benzene rings is 2. The molecule has 0 heterocycles. The maximum Gasteiger partial charge on any atom is 0.134 e. The van der Waals surface area contributed by atoms with Crippen molar-refractivity contribution in [2.24, 2.45) is 5.11 Å². The Kier molecular flexibility index (Phi) is 10.8. The second-order valence-corrected chi connectivity index (χ2v) is 7.91. The minimum absolute atomic E-state index is 0.357. The molecule has 0 bridgehead atoms. The molecule has 0 N–H and O–H groups in total. The van der Waals surface area contributed by atoms with Gasteiger partial charge in [0, 0.05) is 10.5 Å². The van der Waals surface area contributed by atoms with E-state index in [9.17, 15) is 5.53 Å². The molecule has 0 aliphatic carbocycles. The Morgan fingerprint density at radius 2 is 1.34 bits per heavy atom. The first kappa shape index (κ1) is 25.5. The number of rotatable bonds is 15. The van der Waals surface area contributed by atoms with E-state index < -0.39 is 0 Å². The van der Waals surface area contributed by atoms with Gasteiger partial charge >= 0.3 is 0 Å². The summed E-state index contributed by atoms with van der Waals surface area (Å²) < 4.78 is 22.7.